The van der Waals surface area contributed by atoms with E-state index in [-0.39, 0.29) is 23.7 Å². The fourth-order valence-corrected chi connectivity index (χ4v) is 4.26. The third kappa shape index (κ3) is 3.47. The third-order valence-corrected chi connectivity index (χ3v) is 6.03. The summed E-state index contributed by atoms with van der Waals surface area (Å²) in [5.41, 5.74) is 0.901. The van der Waals surface area contributed by atoms with Crippen molar-refractivity contribution < 1.29 is 17.9 Å². The third-order valence-electron chi connectivity index (χ3n) is 4.02. The summed E-state index contributed by atoms with van der Waals surface area (Å²) in [4.78, 5) is 23.8. The number of carbonyl (C=O) groups is 1. The summed E-state index contributed by atoms with van der Waals surface area (Å²) >= 11 is 0. The van der Waals surface area contributed by atoms with Crippen molar-refractivity contribution in [2.45, 2.75) is 31.7 Å². The van der Waals surface area contributed by atoms with E-state index in [1.807, 2.05) is 0 Å². The lowest BCUT2D eigenvalue weighted by molar-refractivity contribution is -0.143. The van der Waals surface area contributed by atoms with Gasteiger partial charge in [0, 0.05) is 20.1 Å². The van der Waals surface area contributed by atoms with E-state index in [0.717, 1.165) is 4.31 Å². The van der Waals surface area contributed by atoms with Gasteiger partial charge in [-0.3, -0.25) is 13.9 Å². The number of carbonyl (C=O) groups excluding carboxylic acids is 1. The second-order valence-corrected chi connectivity index (χ2v) is 7.89. The molecule has 0 saturated heterocycles. The van der Waals surface area contributed by atoms with Crippen LogP contribution in [-0.4, -0.2) is 47.0 Å². The van der Waals surface area contributed by atoms with Gasteiger partial charge in [0.1, 0.15) is 6.54 Å². The number of hydrogen-bond donors (Lipinski definition) is 0. The van der Waals surface area contributed by atoms with Crippen LogP contribution in [0.2, 0.25) is 0 Å². The molecular weight excluding hydrogens is 346 g/mol. The maximum Gasteiger partial charge on any atom is 0.328 e. The van der Waals surface area contributed by atoms with Crippen LogP contribution in [0.15, 0.2) is 27.9 Å². The van der Waals surface area contributed by atoms with Crippen LogP contribution < -0.4 is 5.69 Å². The van der Waals surface area contributed by atoms with Crippen molar-refractivity contribution >= 4 is 27.0 Å². The summed E-state index contributed by atoms with van der Waals surface area (Å²) in [5, 5.41) is 0. The molecule has 9 heteroatoms. The molecule has 2 aromatic rings. The standard InChI is InChI=1S/C16H23N3O5S/c1-6-24-15(20)10-19(11(2)3)25(22,23)12-7-8-13-14(9-12)18(5)16(21)17(13)4/h7-9,11H,6,10H2,1-5H3. The minimum atomic E-state index is -3.92. The van der Waals surface area contributed by atoms with Crippen molar-refractivity contribution in [1.82, 2.24) is 13.4 Å². The molecule has 0 aliphatic carbocycles. The van der Waals surface area contributed by atoms with Crippen molar-refractivity contribution in [3.8, 4) is 0 Å². The molecule has 0 unspecified atom stereocenters. The van der Waals surface area contributed by atoms with E-state index in [1.165, 1.54) is 21.3 Å². The number of hydrogen-bond acceptors (Lipinski definition) is 5. The molecule has 0 amide bonds. The van der Waals surface area contributed by atoms with E-state index in [2.05, 4.69) is 0 Å². The number of fused-ring (bicyclic) bond motifs is 1. The average Bonchev–Trinajstić information content (AvgIpc) is 2.77. The number of nitrogens with zero attached hydrogens (tertiary/aromatic N) is 3. The molecule has 0 saturated carbocycles. The number of sulfonamides is 1. The normalized spacial score (nSPS) is 12.3. The van der Waals surface area contributed by atoms with Crippen LogP contribution in [0.4, 0.5) is 0 Å². The second kappa shape index (κ2) is 7.01. The Hall–Kier alpha value is -2.13. The second-order valence-electron chi connectivity index (χ2n) is 6.00. The van der Waals surface area contributed by atoms with Crippen molar-refractivity contribution in [2.24, 2.45) is 14.1 Å². The Morgan fingerprint density at radius 2 is 1.80 bits per heavy atom. The minimum Gasteiger partial charge on any atom is -0.465 e. The summed E-state index contributed by atoms with van der Waals surface area (Å²) in [6.07, 6.45) is 0. The van der Waals surface area contributed by atoms with Gasteiger partial charge in [-0.15, -0.1) is 0 Å². The maximum atomic E-state index is 13.0. The van der Waals surface area contributed by atoms with E-state index in [1.54, 1.807) is 40.9 Å². The summed E-state index contributed by atoms with van der Waals surface area (Å²) in [6.45, 7) is 4.86. The molecule has 1 aromatic carbocycles. The molecule has 0 aliphatic heterocycles. The summed E-state index contributed by atoms with van der Waals surface area (Å²) in [5.74, 6) is -0.604. The molecule has 0 bridgehead atoms. The first-order chi connectivity index (χ1) is 11.6. The van der Waals surface area contributed by atoms with Crippen LogP contribution in [0.25, 0.3) is 11.0 Å². The molecular formula is C16H23N3O5S. The van der Waals surface area contributed by atoms with Crippen molar-refractivity contribution in [2.75, 3.05) is 13.2 Å². The number of benzene rings is 1. The van der Waals surface area contributed by atoms with E-state index in [9.17, 15) is 18.0 Å². The van der Waals surface area contributed by atoms with Gasteiger partial charge in [-0.2, -0.15) is 4.31 Å². The number of ether oxygens (including phenoxy) is 1. The highest BCUT2D eigenvalue weighted by Gasteiger charge is 2.30. The molecule has 0 radical (unpaired) electrons. The zero-order chi connectivity index (χ0) is 18.9. The molecule has 2 rings (SSSR count). The Balaban J connectivity index is 2.53. The first-order valence-electron chi connectivity index (χ1n) is 7.94. The number of imidazole rings is 1. The van der Waals surface area contributed by atoms with Gasteiger partial charge >= 0.3 is 11.7 Å². The van der Waals surface area contributed by atoms with Crippen LogP contribution >= 0.6 is 0 Å². The zero-order valence-electron chi connectivity index (χ0n) is 15.0. The van der Waals surface area contributed by atoms with E-state index >= 15 is 0 Å². The van der Waals surface area contributed by atoms with Gasteiger partial charge in [-0.05, 0) is 39.0 Å². The highest BCUT2D eigenvalue weighted by molar-refractivity contribution is 7.89. The molecule has 0 aliphatic rings. The first kappa shape index (κ1) is 19.2. The van der Waals surface area contributed by atoms with Gasteiger partial charge < -0.3 is 4.74 Å². The van der Waals surface area contributed by atoms with Crippen LogP contribution in [0.3, 0.4) is 0 Å². The van der Waals surface area contributed by atoms with Crippen LogP contribution in [-0.2, 0) is 33.7 Å². The Morgan fingerprint density at radius 3 is 2.36 bits per heavy atom. The van der Waals surface area contributed by atoms with E-state index in [4.69, 9.17) is 4.74 Å². The van der Waals surface area contributed by atoms with Crippen molar-refractivity contribution in [1.29, 1.82) is 0 Å². The maximum absolute atomic E-state index is 13.0. The molecule has 25 heavy (non-hydrogen) atoms. The summed E-state index contributed by atoms with van der Waals surface area (Å²) in [7, 11) is -0.709. The molecule has 0 N–H and O–H groups in total. The highest BCUT2D eigenvalue weighted by atomic mass is 32.2. The quantitative estimate of drug-likeness (QED) is 0.704. The van der Waals surface area contributed by atoms with Gasteiger partial charge in [0.25, 0.3) is 0 Å². The van der Waals surface area contributed by atoms with Gasteiger partial charge in [0.05, 0.1) is 22.5 Å². The monoisotopic (exact) mass is 369 g/mol. The van der Waals surface area contributed by atoms with E-state index in [0.29, 0.717) is 11.0 Å². The fourth-order valence-electron chi connectivity index (χ4n) is 2.66. The molecule has 8 nitrogen and oxygen atoms in total. The summed E-state index contributed by atoms with van der Waals surface area (Å²) < 4.78 is 34.8. The Labute approximate surface area is 146 Å². The number of esters is 1. The minimum absolute atomic E-state index is 0.0270. The van der Waals surface area contributed by atoms with Gasteiger partial charge in [-0.1, -0.05) is 0 Å². The first-order valence-corrected chi connectivity index (χ1v) is 9.38. The number of aromatic nitrogens is 2. The fraction of sp³-hybridized carbons (Fsp3) is 0.500. The average molecular weight is 369 g/mol. The molecule has 1 heterocycles. The predicted octanol–water partition coefficient (Wildman–Crippen LogP) is 0.839. The Kier molecular flexibility index (Phi) is 5.38. The van der Waals surface area contributed by atoms with E-state index < -0.39 is 22.0 Å². The summed E-state index contributed by atoms with van der Waals surface area (Å²) in [6, 6.07) is 4.06. The molecule has 0 spiro atoms. The van der Waals surface area contributed by atoms with Crippen LogP contribution in [0.5, 0.6) is 0 Å². The van der Waals surface area contributed by atoms with Crippen molar-refractivity contribution in [3.05, 3.63) is 28.7 Å². The SMILES string of the molecule is CCOC(=O)CN(C(C)C)S(=O)(=O)c1ccc2c(c1)n(C)c(=O)n2C. The lowest BCUT2D eigenvalue weighted by Crippen LogP contribution is -2.41. The lowest BCUT2D eigenvalue weighted by Gasteiger charge is -2.25. The van der Waals surface area contributed by atoms with Gasteiger partial charge in [-0.25, -0.2) is 13.2 Å². The largest absolute Gasteiger partial charge is 0.465 e. The van der Waals surface area contributed by atoms with Gasteiger partial charge in [0.15, 0.2) is 0 Å². The molecule has 1 aromatic heterocycles. The zero-order valence-corrected chi connectivity index (χ0v) is 15.8. The topological polar surface area (TPSA) is 90.6 Å². The number of aryl methyl sites for hydroxylation is 2. The lowest BCUT2D eigenvalue weighted by atomic mass is 10.3. The Bertz CT molecular complexity index is 956. The molecule has 0 atom stereocenters. The van der Waals surface area contributed by atoms with Crippen LogP contribution in [0.1, 0.15) is 20.8 Å². The predicted molar refractivity (Wildman–Crippen MR) is 93.8 cm³/mol. The molecule has 0 fully saturated rings. The Morgan fingerprint density at radius 1 is 1.20 bits per heavy atom. The van der Waals surface area contributed by atoms with Crippen molar-refractivity contribution in [3.63, 3.8) is 0 Å². The smallest absolute Gasteiger partial charge is 0.328 e. The molecule has 138 valence electrons. The number of rotatable bonds is 6. The highest BCUT2D eigenvalue weighted by Crippen LogP contribution is 2.22. The van der Waals surface area contributed by atoms with Crippen LogP contribution in [0, 0.1) is 0 Å². The van der Waals surface area contributed by atoms with Gasteiger partial charge in [0.2, 0.25) is 10.0 Å².